The lowest BCUT2D eigenvalue weighted by Gasteiger charge is -2.44. The first-order valence-corrected chi connectivity index (χ1v) is 17.4. The molecule has 0 saturated carbocycles. The van der Waals surface area contributed by atoms with Gasteiger partial charge >= 0.3 is 0 Å². The first-order valence-electron chi connectivity index (χ1n) is 17.0. The molecule has 3 N–H and O–H groups in total. The molecule has 0 radical (unpaired) electrons. The lowest BCUT2D eigenvalue weighted by molar-refractivity contribution is -0.0856. The summed E-state index contributed by atoms with van der Waals surface area (Å²) in [6.45, 7) is 9.56. The van der Waals surface area contributed by atoms with E-state index in [-0.39, 0.29) is 36.3 Å². The van der Waals surface area contributed by atoms with Gasteiger partial charge in [0.2, 0.25) is 5.96 Å². The van der Waals surface area contributed by atoms with Gasteiger partial charge in [-0.3, -0.25) is 20.1 Å². The number of aliphatic hydroxyl groups excluding tert-OH is 1. The minimum atomic E-state index is -0.264. The average molecular weight is 660 g/mol. The number of halogens is 1. The number of hydrogen-bond acceptors (Lipinski definition) is 9. The Morgan fingerprint density at radius 1 is 1.02 bits per heavy atom. The van der Waals surface area contributed by atoms with E-state index in [1.807, 2.05) is 70.7 Å². The van der Waals surface area contributed by atoms with E-state index in [2.05, 4.69) is 40.5 Å². The van der Waals surface area contributed by atoms with Crippen LogP contribution in [-0.4, -0.2) is 107 Å². The quantitative estimate of drug-likeness (QED) is 0.420. The number of likely N-dealkylation sites (tertiary alicyclic amines) is 2. The average Bonchev–Trinajstić information content (AvgIpc) is 3.51. The molecular weight excluding hydrogens is 614 g/mol. The van der Waals surface area contributed by atoms with Gasteiger partial charge in [-0.1, -0.05) is 23.7 Å². The van der Waals surface area contributed by atoms with Crippen LogP contribution in [-0.2, 0) is 10.2 Å². The number of aliphatic hydroxyl groups is 1. The van der Waals surface area contributed by atoms with Crippen molar-refractivity contribution in [3.8, 4) is 0 Å². The molecular formula is C36H46ClN7O3. The molecule has 7 rings (SSSR count). The number of amides is 1. The highest BCUT2D eigenvalue weighted by atomic mass is 35.5. The number of piperidine rings is 2. The highest BCUT2D eigenvalue weighted by Crippen LogP contribution is 2.38. The summed E-state index contributed by atoms with van der Waals surface area (Å²) in [7, 11) is 0. The second-order valence-corrected chi connectivity index (χ2v) is 14.1. The molecule has 250 valence electrons. The fraction of sp³-hybridized carbons (Fsp3) is 0.500. The summed E-state index contributed by atoms with van der Waals surface area (Å²) in [5, 5.41) is 16.5. The van der Waals surface area contributed by atoms with E-state index in [1.165, 1.54) is 0 Å². The standard InChI is InChI=1S/C36H46ClN7O3/c1-25-22-43(23-26(2)47-25)31-13-18-42(19-14-31)34(46)27-5-11-30(12-6-27)38-35-39-33-32(4-3-17-44(33)40-35)41-20-15-36(24-45,16-21-41)28-7-9-29(37)10-8-28/h3-12,17,25-26,31,33,45H,13-16,18-24H2,1-2H3,(H2,38,39,40)/t25-,26-,33?/m0/s1. The Balaban J connectivity index is 0.934. The molecule has 2 aromatic carbocycles. The van der Waals surface area contributed by atoms with Crippen molar-refractivity contribution in [3.63, 3.8) is 0 Å². The lowest BCUT2D eigenvalue weighted by Crippen LogP contribution is -2.53. The SMILES string of the molecule is C[C@H]1CN(C2CCN(C(=O)c3ccc(NC4=NC5C(N6CCC(CO)(c7ccc(Cl)cc7)CC6)=CC=CN5N4)cc3)CC2)C[C@H](C)O1. The van der Waals surface area contributed by atoms with Crippen molar-refractivity contribution >= 4 is 29.2 Å². The van der Waals surface area contributed by atoms with Gasteiger partial charge in [-0.05, 0) is 93.6 Å². The van der Waals surface area contributed by atoms with E-state index >= 15 is 0 Å². The van der Waals surface area contributed by atoms with Crippen LogP contribution in [0, 0.1) is 0 Å². The van der Waals surface area contributed by atoms with Crippen LogP contribution in [0.1, 0.15) is 55.5 Å². The highest BCUT2D eigenvalue weighted by molar-refractivity contribution is 6.30. The number of hydrogen-bond donors (Lipinski definition) is 3. The van der Waals surface area contributed by atoms with Crippen LogP contribution in [0.25, 0.3) is 0 Å². The molecule has 1 unspecified atom stereocenters. The molecule has 3 atom stereocenters. The third-order valence-electron chi connectivity index (χ3n) is 10.5. The van der Waals surface area contributed by atoms with Gasteiger partial charge in [0, 0.05) is 73.2 Å². The zero-order valence-electron chi connectivity index (χ0n) is 27.3. The number of benzene rings is 2. The van der Waals surface area contributed by atoms with Gasteiger partial charge in [0.15, 0.2) is 6.17 Å². The first-order chi connectivity index (χ1) is 22.8. The molecule has 0 aliphatic carbocycles. The number of nitrogens with one attached hydrogen (secondary N) is 2. The van der Waals surface area contributed by atoms with Crippen LogP contribution in [0.4, 0.5) is 5.69 Å². The van der Waals surface area contributed by atoms with Crippen molar-refractivity contribution < 1.29 is 14.6 Å². The molecule has 47 heavy (non-hydrogen) atoms. The van der Waals surface area contributed by atoms with Crippen LogP contribution in [0.2, 0.25) is 5.02 Å². The summed E-state index contributed by atoms with van der Waals surface area (Å²) in [6.07, 6.45) is 10.2. The Bertz CT molecular complexity index is 1500. The maximum absolute atomic E-state index is 13.3. The van der Waals surface area contributed by atoms with Crippen molar-refractivity contribution in [2.75, 3.05) is 51.2 Å². The van der Waals surface area contributed by atoms with E-state index in [4.69, 9.17) is 21.3 Å². The second-order valence-electron chi connectivity index (χ2n) is 13.7. The van der Waals surface area contributed by atoms with Gasteiger partial charge in [0.1, 0.15) is 0 Å². The van der Waals surface area contributed by atoms with Crippen molar-refractivity contribution in [1.82, 2.24) is 25.1 Å². The Hall–Kier alpha value is -3.57. The molecule has 10 nitrogen and oxygen atoms in total. The molecule has 0 bridgehead atoms. The maximum atomic E-state index is 13.3. The monoisotopic (exact) mass is 659 g/mol. The summed E-state index contributed by atoms with van der Waals surface area (Å²) >= 11 is 6.13. The number of aliphatic imine (C=N–C) groups is 1. The predicted octanol–water partition coefficient (Wildman–Crippen LogP) is 4.41. The number of ether oxygens (including phenoxy) is 1. The summed E-state index contributed by atoms with van der Waals surface area (Å²) in [6, 6.07) is 16.1. The van der Waals surface area contributed by atoms with Gasteiger partial charge in [0.25, 0.3) is 5.91 Å². The van der Waals surface area contributed by atoms with Crippen LogP contribution in [0.3, 0.4) is 0 Å². The summed E-state index contributed by atoms with van der Waals surface area (Å²) in [5.74, 6) is 0.748. The Morgan fingerprint density at radius 3 is 2.36 bits per heavy atom. The Morgan fingerprint density at radius 2 is 1.70 bits per heavy atom. The molecule has 3 saturated heterocycles. The predicted molar refractivity (Wildman–Crippen MR) is 185 cm³/mol. The molecule has 0 spiro atoms. The Kier molecular flexibility index (Phi) is 9.20. The second kappa shape index (κ2) is 13.5. The van der Waals surface area contributed by atoms with E-state index in [0.29, 0.717) is 22.6 Å². The summed E-state index contributed by atoms with van der Waals surface area (Å²) < 4.78 is 5.91. The number of morpholine rings is 1. The zero-order valence-corrected chi connectivity index (χ0v) is 28.1. The van der Waals surface area contributed by atoms with E-state index in [1.54, 1.807) is 0 Å². The van der Waals surface area contributed by atoms with E-state index in [0.717, 1.165) is 81.9 Å². The highest BCUT2D eigenvalue weighted by Gasteiger charge is 2.39. The summed E-state index contributed by atoms with van der Waals surface area (Å²) in [5.41, 5.74) is 6.95. The van der Waals surface area contributed by atoms with Crippen molar-refractivity contribution in [3.05, 3.63) is 88.7 Å². The minimum Gasteiger partial charge on any atom is -0.395 e. The number of guanidine groups is 1. The van der Waals surface area contributed by atoms with Gasteiger partial charge in [-0.2, -0.15) is 0 Å². The van der Waals surface area contributed by atoms with Gasteiger partial charge in [-0.25, -0.2) is 4.99 Å². The van der Waals surface area contributed by atoms with Gasteiger partial charge < -0.3 is 25.0 Å². The number of rotatable bonds is 6. The lowest BCUT2D eigenvalue weighted by atomic mass is 9.73. The van der Waals surface area contributed by atoms with Crippen molar-refractivity contribution in [1.29, 1.82) is 0 Å². The molecule has 5 heterocycles. The number of nitrogens with zero attached hydrogens (tertiary/aromatic N) is 5. The number of carbonyl (C=O) groups excluding carboxylic acids is 1. The normalized spacial score (nSPS) is 26.4. The molecule has 5 aliphatic heterocycles. The van der Waals surface area contributed by atoms with E-state index < -0.39 is 0 Å². The fourth-order valence-electron chi connectivity index (χ4n) is 7.87. The number of carbonyl (C=O) groups is 1. The topological polar surface area (TPSA) is 95.9 Å². The summed E-state index contributed by atoms with van der Waals surface area (Å²) in [4.78, 5) is 25.3. The number of hydrazine groups is 1. The smallest absolute Gasteiger partial charge is 0.253 e. The van der Waals surface area contributed by atoms with Crippen molar-refractivity contribution in [2.24, 2.45) is 4.99 Å². The molecule has 3 fully saturated rings. The fourth-order valence-corrected chi connectivity index (χ4v) is 8.00. The van der Waals surface area contributed by atoms with Crippen LogP contribution in [0.5, 0.6) is 0 Å². The largest absolute Gasteiger partial charge is 0.395 e. The molecule has 0 aromatic heterocycles. The Labute approximate surface area is 282 Å². The van der Waals surface area contributed by atoms with E-state index in [9.17, 15) is 9.90 Å². The van der Waals surface area contributed by atoms with Gasteiger partial charge in [0.05, 0.1) is 24.5 Å². The molecule has 1 amide bonds. The zero-order chi connectivity index (χ0) is 32.5. The van der Waals surface area contributed by atoms with Gasteiger partial charge in [-0.15, -0.1) is 0 Å². The minimum absolute atomic E-state index is 0.0925. The number of anilines is 1. The third-order valence-corrected chi connectivity index (χ3v) is 10.7. The first kappa shape index (κ1) is 32.0. The van der Waals surface area contributed by atoms with Crippen molar-refractivity contribution in [2.45, 2.75) is 69.4 Å². The van der Waals surface area contributed by atoms with Crippen LogP contribution < -0.4 is 10.7 Å². The molecule has 2 aromatic rings. The van der Waals surface area contributed by atoms with Crippen LogP contribution in [0.15, 0.2) is 77.6 Å². The third kappa shape index (κ3) is 6.74. The maximum Gasteiger partial charge on any atom is 0.253 e. The number of fused-ring (bicyclic) bond motifs is 1. The van der Waals surface area contributed by atoms with Crippen LogP contribution >= 0.6 is 11.6 Å². The molecule has 11 heteroatoms. The molecule has 5 aliphatic rings. The number of allylic oxidation sites excluding steroid dienone is 2.